The first-order valence-corrected chi connectivity index (χ1v) is 7.16. The van der Waals surface area contributed by atoms with Crippen LogP contribution in [0.5, 0.6) is 0 Å². The molecule has 1 amide bonds. The van der Waals surface area contributed by atoms with Gasteiger partial charge in [0.2, 0.25) is 5.91 Å². The van der Waals surface area contributed by atoms with Crippen molar-refractivity contribution in [1.29, 1.82) is 0 Å². The van der Waals surface area contributed by atoms with Crippen molar-refractivity contribution in [3.63, 3.8) is 0 Å². The zero-order chi connectivity index (χ0) is 16.2. The molecule has 114 valence electrons. The smallest absolute Gasteiger partial charge is 0.248 e. The van der Waals surface area contributed by atoms with E-state index in [1.165, 1.54) is 11.6 Å². The number of nitrogens with zero attached hydrogens (tertiary/aromatic N) is 1. The van der Waals surface area contributed by atoms with Crippen LogP contribution in [0.15, 0.2) is 48.7 Å². The maximum atomic E-state index is 11.9. The minimum Gasteiger partial charge on any atom is -0.382 e. The Kier molecular flexibility index (Phi) is 4.61. The van der Waals surface area contributed by atoms with E-state index in [0.717, 1.165) is 5.56 Å². The number of nitrogens with one attached hydrogen (secondary N) is 1. The van der Waals surface area contributed by atoms with Gasteiger partial charge in [-0.1, -0.05) is 45.0 Å². The first-order chi connectivity index (χ1) is 10.4. The molecule has 0 saturated carbocycles. The number of nitrogen functional groups attached to an aromatic ring is 1. The second-order valence-corrected chi connectivity index (χ2v) is 6.13. The lowest BCUT2D eigenvalue weighted by Crippen LogP contribution is -2.11. The molecule has 22 heavy (non-hydrogen) atoms. The fraction of sp³-hybridized carbons (Fsp3) is 0.222. The maximum absolute atomic E-state index is 11.9. The zero-order valence-electron chi connectivity index (χ0n) is 13.1. The van der Waals surface area contributed by atoms with Crippen LogP contribution in [0.4, 0.5) is 11.5 Å². The van der Waals surface area contributed by atoms with E-state index >= 15 is 0 Å². The average Bonchev–Trinajstić information content (AvgIpc) is 2.47. The van der Waals surface area contributed by atoms with Gasteiger partial charge in [0.05, 0.1) is 5.69 Å². The zero-order valence-corrected chi connectivity index (χ0v) is 13.1. The lowest BCUT2D eigenvalue weighted by atomic mass is 9.87. The monoisotopic (exact) mass is 295 g/mol. The normalized spacial score (nSPS) is 11.6. The third kappa shape index (κ3) is 4.19. The highest BCUT2D eigenvalue weighted by Gasteiger charge is 2.12. The van der Waals surface area contributed by atoms with E-state index in [0.29, 0.717) is 11.5 Å². The van der Waals surface area contributed by atoms with Crippen molar-refractivity contribution < 1.29 is 4.79 Å². The third-order valence-electron chi connectivity index (χ3n) is 3.30. The number of anilines is 2. The summed E-state index contributed by atoms with van der Waals surface area (Å²) in [6, 6.07) is 11.6. The molecule has 0 aliphatic heterocycles. The highest BCUT2D eigenvalue weighted by molar-refractivity contribution is 6.03. The van der Waals surface area contributed by atoms with Gasteiger partial charge in [-0.2, -0.15) is 0 Å². The predicted molar refractivity (Wildman–Crippen MR) is 91.5 cm³/mol. The SMILES string of the molecule is CC(C)(C)c1ccc(/C=C/C(=O)Nc2cccnc2N)cc1. The van der Waals surface area contributed by atoms with Crippen molar-refractivity contribution in [2.45, 2.75) is 26.2 Å². The average molecular weight is 295 g/mol. The summed E-state index contributed by atoms with van der Waals surface area (Å²) in [6.07, 6.45) is 4.84. The van der Waals surface area contributed by atoms with Crippen LogP contribution in [-0.4, -0.2) is 10.9 Å². The van der Waals surface area contributed by atoms with Crippen LogP contribution < -0.4 is 11.1 Å². The van der Waals surface area contributed by atoms with Crippen molar-refractivity contribution in [2.75, 3.05) is 11.1 Å². The number of amides is 1. The van der Waals surface area contributed by atoms with E-state index in [4.69, 9.17) is 5.73 Å². The number of benzene rings is 1. The Morgan fingerprint density at radius 3 is 2.45 bits per heavy atom. The van der Waals surface area contributed by atoms with Gasteiger partial charge in [-0.25, -0.2) is 4.98 Å². The van der Waals surface area contributed by atoms with Gasteiger partial charge < -0.3 is 11.1 Å². The van der Waals surface area contributed by atoms with Gasteiger partial charge in [-0.3, -0.25) is 4.79 Å². The van der Waals surface area contributed by atoms with Crippen LogP contribution in [0.2, 0.25) is 0 Å². The molecule has 0 spiro atoms. The number of carbonyl (C=O) groups is 1. The quantitative estimate of drug-likeness (QED) is 0.850. The number of carbonyl (C=O) groups excluding carboxylic acids is 1. The molecule has 4 nitrogen and oxygen atoms in total. The molecular formula is C18H21N3O. The highest BCUT2D eigenvalue weighted by atomic mass is 16.1. The van der Waals surface area contributed by atoms with E-state index in [2.05, 4.69) is 43.2 Å². The van der Waals surface area contributed by atoms with E-state index in [1.54, 1.807) is 24.4 Å². The van der Waals surface area contributed by atoms with Gasteiger partial charge in [0.25, 0.3) is 0 Å². The van der Waals surface area contributed by atoms with E-state index in [1.807, 2.05) is 12.1 Å². The number of aromatic nitrogens is 1. The fourth-order valence-corrected chi connectivity index (χ4v) is 1.96. The summed E-state index contributed by atoms with van der Waals surface area (Å²) in [4.78, 5) is 15.8. The summed E-state index contributed by atoms with van der Waals surface area (Å²) in [7, 11) is 0. The van der Waals surface area contributed by atoms with Crippen LogP contribution in [0, 0.1) is 0 Å². The molecule has 0 aliphatic carbocycles. The Bertz CT molecular complexity index is 682. The van der Waals surface area contributed by atoms with Crippen molar-refractivity contribution in [2.24, 2.45) is 0 Å². The van der Waals surface area contributed by atoms with Crippen LogP contribution in [-0.2, 0) is 10.2 Å². The summed E-state index contributed by atoms with van der Waals surface area (Å²) in [6.45, 7) is 6.51. The largest absolute Gasteiger partial charge is 0.382 e. The van der Waals surface area contributed by atoms with Crippen LogP contribution in [0.25, 0.3) is 6.08 Å². The minimum absolute atomic E-state index is 0.122. The molecule has 2 aromatic rings. The van der Waals surface area contributed by atoms with Gasteiger partial charge in [-0.05, 0) is 34.8 Å². The Morgan fingerprint density at radius 2 is 1.86 bits per heavy atom. The Balaban J connectivity index is 2.02. The molecule has 4 heteroatoms. The molecule has 1 aromatic heterocycles. The lowest BCUT2D eigenvalue weighted by molar-refractivity contribution is -0.111. The molecular weight excluding hydrogens is 274 g/mol. The molecule has 0 atom stereocenters. The van der Waals surface area contributed by atoms with Crippen LogP contribution in [0.3, 0.4) is 0 Å². The van der Waals surface area contributed by atoms with Gasteiger partial charge >= 0.3 is 0 Å². The molecule has 0 fully saturated rings. The molecule has 0 saturated heterocycles. The first kappa shape index (κ1) is 15.8. The van der Waals surface area contributed by atoms with Crippen molar-refractivity contribution >= 4 is 23.5 Å². The number of nitrogens with two attached hydrogens (primary N) is 1. The van der Waals surface area contributed by atoms with Gasteiger partial charge in [-0.15, -0.1) is 0 Å². The lowest BCUT2D eigenvalue weighted by Gasteiger charge is -2.18. The second kappa shape index (κ2) is 6.43. The number of pyridine rings is 1. The molecule has 0 radical (unpaired) electrons. The topological polar surface area (TPSA) is 68.0 Å². The summed E-state index contributed by atoms with van der Waals surface area (Å²) in [5, 5.41) is 2.70. The maximum Gasteiger partial charge on any atom is 0.248 e. The third-order valence-corrected chi connectivity index (χ3v) is 3.30. The van der Waals surface area contributed by atoms with Crippen molar-refractivity contribution in [1.82, 2.24) is 4.98 Å². The highest BCUT2D eigenvalue weighted by Crippen LogP contribution is 2.22. The minimum atomic E-state index is -0.236. The predicted octanol–water partition coefficient (Wildman–Crippen LogP) is 3.61. The summed E-state index contributed by atoms with van der Waals surface area (Å²) in [5.41, 5.74) is 8.56. The second-order valence-electron chi connectivity index (χ2n) is 6.13. The number of rotatable bonds is 3. The van der Waals surface area contributed by atoms with Crippen molar-refractivity contribution in [3.05, 3.63) is 59.8 Å². The first-order valence-electron chi connectivity index (χ1n) is 7.16. The van der Waals surface area contributed by atoms with Crippen LogP contribution in [0.1, 0.15) is 31.9 Å². The van der Waals surface area contributed by atoms with E-state index in [-0.39, 0.29) is 11.3 Å². The molecule has 0 bridgehead atoms. The Morgan fingerprint density at radius 1 is 1.18 bits per heavy atom. The van der Waals surface area contributed by atoms with E-state index in [9.17, 15) is 4.79 Å². The Hall–Kier alpha value is -2.62. The standard InChI is InChI=1S/C18H21N3O/c1-18(2,3)14-9-6-13(7-10-14)8-11-16(22)21-15-5-4-12-20-17(15)19/h4-12H,1-3H3,(H2,19,20)(H,21,22)/b11-8+. The molecule has 3 N–H and O–H groups in total. The van der Waals surface area contributed by atoms with Crippen LogP contribution >= 0.6 is 0 Å². The number of hydrogen-bond acceptors (Lipinski definition) is 3. The van der Waals surface area contributed by atoms with Gasteiger partial charge in [0.15, 0.2) is 0 Å². The van der Waals surface area contributed by atoms with Crippen molar-refractivity contribution in [3.8, 4) is 0 Å². The molecule has 1 heterocycles. The Labute approximate surface area is 131 Å². The van der Waals surface area contributed by atoms with Gasteiger partial charge in [0.1, 0.15) is 5.82 Å². The summed E-state index contributed by atoms with van der Waals surface area (Å²) >= 11 is 0. The summed E-state index contributed by atoms with van der Waals surface area (Å²) in [5.74, 6) is 0.0679. The molecule has 1 aromatic carbocycles. The van der Waals surface area contributed by atoms with E-state index < -0.39 is 0 Å². The molecule has 2 rings (SSSR count). The number of hydrogen-bond donors (Lipinski definition) is 2. The van der Waals surface area contributed by atoms with Gasteiger partial charge in [0, 0.05) is 12.3 Å². The molecule has 0 aliphatic rings. The fourth-order valence-electron chi connectivity index (χ4n) is 1.96. The summed E-state index contributed by atoms with van der Waals surface area (Å²) < 4.78 is 0. The molecule has 0 unspecified atom stereocenters.